The number of nitrogens with two attached hydrogens (primary N) is 1. The van der Waals surface area contributed by atoms with Gasteiger partial charge in [0.25, 0.3) is 0 Å². The second-order valence-electron chi connectivity index (χ2n) is 3.48. The highest BCUT2D eigenvalue weighted by molar-refractivity contribution is 7.89. The van der Waals surface area contributed by atoms with Crippen LogP contribution in [0.1, 0.15) is 13.3 Å². The lowest BCUT2D eigenvalue weighted by atomic mass is 10.1. The van der Waals surface area contributed by atoms with Gasteiger partial charge in [0.2, 0.25) is 15.9 Å². The van der Waals surface area contributed by atoms with E-state index in [2.05, 4.69) is 5.32 Å². The molecule has 0 aliphatic carbocycles. The number of carbonyl (C=O) groups excluding carboxylic acids is 1. The van der Waals surface area contributed by atoms with Gasteiger partial charge in [0.05, 0.1) is 5.75 Å². The predicted molar refractivity (Wildman–Crippen MR) is 56.6 cm³/mol. The third kappa shape index (κ3) is 9.64. The molecule has 0 heterocycles. The Balaban J connectivity index is 3.67. The predicted octanol–water partition coefficient (Wildman–Crippen LogP) is -0.936. The second-order valence-corrected chi connectivity index (χ2v) is 5.22. The van der Waals surface area contributed by atoms with Gasteiger partial charge in [-0.15, -0.1) is 0 Å². The number of sulfonamides is 1. The van der Waals surface area contributed by atoms with Crippen LogP contribution < -0.4 is 10.5 Å². The third-order valence-corrected chi connectivity index (χ3v) is 2.47. The second kappa shape index (κ2) is 6.76. The van der Waals surface area contributed by atoms with Gasteiger partial charge >= 0.3 is 0 Å². The van der Waals surface area contributed by atoms with E-state index in [0.29, 0.717) is 13.0 Å². The van der Waals surface area contributed by atoms with Crippen molar-refractivity contribution >= 4 is 15.9 Å². The Bertz CT molecular complexity index is 289. The Kier molecular flexibility index (Phi) is 6.46. The van der Waals surface area contributed by atoms with Crippen LogP contribution in [0.5, 0.6) is 0 Å². The summed E-state index contributed by atoms with van der Waals surface area (Å²) in [5.74, 6) is -0.315. The summed E-state index contributed by atoms with van der Waals surface area (Å²) in [5.41, 5.74) is 0. The van der Waals surface area contributed by atoms with E-state index in [1.165, 1.54) is 0 Å². The first-order chi connectivity index (χ1) is 6.85. The van der Waals surface area contributed by atoms with Gasteiger partial charge in [-0.05, 0) is 5.92 Å². The summed E-state index contributed by atoms with van der Waals surface area (Å²) in [5, 5.41) is 7.25. The fraction of sp³-hybridized carbons (Fsp3) is 0.875. The summed E-state index contributed by atoms with van der Waals surface area (Å²) >= 11 is 0. The summed E-state index contributed by atoms with van der Waals surface area (Å²) in [6.07, 6.45) is 0.318. The molecule has 0 saturated carbocycles. The summed E-state index contributed by atoms with van der Waals surface area (Å²) in [7, 11) is -1.93. The lowest BCUT2D eigenvalue weighted by Crippen LogP contribution is -2.32. The van der Waals surface area contributed by atoms with Gasteiger partial charge in [-0.1, -0.05) is 6.92 Å². The van der Waals surface area contributed by atoms with Gasteiger partial charge in [0, 0.05) is 26.7 Å². The highest BCUT2D eigenvalue weighted by atomic mass is 32.2. The molecule has 1 atom stereocenters. The SMILES string of the molecule is COCC(C)CC(=O)NCCS(N)(=O)=O. The van der Waals surface area contributed by atoms with E-state index < -0.39 is 10.0 Å². The average molecular weight is 238 g/mol. The normalized spacial score (nSPS) is 13.5. The van der Waals surface area contributed by atoms with Crippen molar-refractivity contribution in [2.24, 2.45) is 11.1 Å². The summed E-state index contributed by atoms with van der Waals surface area (Å²) in [4.78, 5) is 11.2. The molecule has 0 saturated heterocycles. The van der Waals surface area contributed by atoms with Gasteiger partial charge in [-0.2, -0.15) is 0 Å². The molecular weight excluding hydrogens is 220 g/mol. The minimum atomic E-state index is -3.50. The summed E-state index contributed by atoms with van der Waals surface area (Å²) in [6, 6.07) is 0. The van der Waals surface area contributed by atoms with Crippen molar-refractivity contribution < 1.29 is 17.9 Å². The van der Waals surface area contributed by atoms with Crippen molar-refractivity contribution in [1.29, 1.82) is 0 Å². The molecule has 0 aliphatic rings. The Morgan fingerprint density at radius 1 is 1.53 bits per heavy atom. The molecule has 90 valence electrons. The molecule has 7 heteroatoms. The van der Waals surface area contributed by atoms with E-state index in [1.54, 1.807) is 7.11 Å². The van der Waals surface area contributed by atoms with E-state index in [0.717, 1.165) is 0 Å². The Morgan fingerprint density at radius 3 is 2.60 bits per heavy atom. The Hall–Kier alpha value is -0.660. The van der Waals surface area contributed by atoms with Crippen molar-refractivity contribution in [3.8, 4) is 0 Å². The minimum Gasteiger partial charge on any atom is -0.384 e. The number of nitrogens with one attached hydrogen (secondary N) is 1. The molecule has 0 radical (unpaired) electrons. The topological polar surface area (TPSA) is 98.5 Å². The number of ether oxygens (including phenoxy) is 1. The largest absolute Gasteiger partial charge is 0.384 e. The van der Waals surface area contributed by atoms with Crippen molar-refractivity contribution in [3.05, 3.63) is 0 Å². The van der Waals surface area contributed by atoms with Crippen LogP contribution in [0, 0.1) is 5.92 Å². The molecule has 0 aliphatic heterocycles. The summed E-state index contributed by atoms with van der Waals surface area (Å²) in [6.45, 7) is 2.43. The van der Waals surface area contributed by atoms with Crippen LogP contribution >= 0.6 is 0 Å². The molecule has 0 aromatic rings. The monoisotopic (exact) mass is 238 g/mol. The number of methoxy groups -OCH3 is 1. The van der Waals surface area contributed by atoms with Crippen molar-refractivity contribution in [1.82, 2.24) is 5.32 Å². The molecule has 0 bridgehead atoms. The molecule has 0 spiro atoms. The first kappa shape index (κ1) is 14.3. The third-order valence-electron chi connectivity index (χ3n) is 1.69. The van der Waals surface area contributed by atoms with Crippen LogP contribution in [0.15, 0.2) is 0 Å². The fourth-order valence-electron chi connectivity index (χ4n) is 1.06. The lowest BCUT2D eigenvalue weighted by molar-refractivity contribution is -0.122. The number of carbonyl (C=O) groups is 1. The molecule has 6 nitrogen and oxygen atoms in total. The first-order valence-electron chi connectivity index (χ1n) is 4.61. The molecule has 15 heavy (non-hydrogen) atoms. The molecule has 3 N–H and O–H groups in total. The van der Waals surface area contributed by atoms with Crippen molar-refractivity contribution in [3.63, 3.8) is 0 Å². The van der Waals surface area contributed by atoms with Gasteiger partial charge in [-0.25, -0.2) is 13.6 Å². The lowest BCUT2D eigenvalue weighted by Gasteiger charge is -2.09. The van der Waals surface area contributed by atoms with E-state index in [4.69, 9.17) is 9.88 Å². The van der Waals surface area contributed by atoms with Crippen LogP contribution in [0.25, 0.3) is 0 Å². The molecule has 1 unspecified atom stereocenters. The maximum atomic E-state index is 11.2. The van der Waals surface area contributed by atoms with Crippen molar-refractivity contribution in [2.75, 3.05) is 26.0 Å². The van der Waals surface area contributed by atoms with Gasteiger partial charge in [0.15, 0.2) is 0 Å². The zero-order chi connectivity index (χ0) is 11.9. The number of primary sulfonamides is 1. The zero-order valence-electron chi connectivity index (χ0n) is 9.02. The van der Waals surface area contributed by atoms with Crippen LogP contribution in [-0.4, -0.2) is 40.3 Å². The van der Waals surface area contributed by atoms with Crippen molar-refractivity contribution in [2.45, 2.75) is 13.3 Å². The highest BCUT2D eigenvalue weighted by Crippen LogP contribution is 2.00. The highest BCUT2D eigenvalue weighted by Gasteiger charge is 2.09. The summed E-state index contributed by atoms with van der Waals surface area (Å²) < 4.78 is 26.0. The van der Waals surface area contributed by atoms with E-state index in [9.17, 15) is 13.2 Å². The van der Waals surface area contributed by atoms with Gasteiger partial charge in [0.1, 0.15) is 0 Å². The number of amides is 1. The van der Waals surface area contributed by atoms with Crippen LogP contribution in [0.4, 0.5) is 0 Å². The van der Waals surface area contributed by atoms with Gasteiger partial charge < -0.3 is 10.1 Å². The smallest absolute Gasteiger partial charge is 0.220 e. The molecule has 0 fully saturated rings. The Labute approximate surface area is 90.2 Å². The first-order valence-corrected chi connectivity index (χ1v) is 6.33. The van der Waals surface area contributed by atoms with Crippen LogP contribution in [0.3, 0.4) is 0 Å². The van der Waals surface area contributed by atoms with E-state index >= 15 is 0 Å². The number of hydrogen-bond donors (Lipinski definition) is 2. The average Bonchev–Trinajstić information content (AvgIpc) is 2.01. The van der Waals surface area contributed by atoms with Gasteiger partial charge in [-0.3, -0.25) is 4.79 Å². The molecule has 0 rings (SSSR count). The quantitative estimate of drug-likeness (QED) is 0.598. The Morgan fingerprint density at radius 2 is 2.13 bits per heavy atom. The van der Waals surface area contributed by atoms with E-state index in [1.807, 2.05) is 6.92 Å². The maximum Gasteiger partial charge on any atom is 0.220 e. The van der Waals surface area contributed by atoms with Crippen LogP contribution in [-0.2, 0) is 19.6 Å². The molecular formula is C8H18N2O4S. The molecule has 0 aromatic carbocycles. The van der Waals surface area contributed by atoms with Crippen LogP contribution in [0.2, 0.25) is 0 Å². The number of rotatable bonds is 7. The number of hydrogen-bond acceptors (Lipinski definition) is 4. The standard InChI is InChI=1S/C8H18N2O4S/c1-7(6-14-2)5-8(11)10-3-4-15(9,12)13/h7H,3-6H2,1-2H3,(H,10,11)(H2,9,12,13). The van der Waals surface area contributed by atoms with E-state index in [-0.39, 0.29) is 24.1 Å². The minimum absolute atomic E-state index is 0.0529. The zero-order valence-corrected chi connectivity index (χ0v) is 9.84. The fourth-order valence-corrected chi connectivity index (χ4v) is 1.45. The molecule has 0 aromatic heterocycles. The molecule has 1 amide bonds. The maximum absolute atomic E-state index is 11.2.